The van der Waals surface area contributed by atoms with Gasteiger partial charge in [-0.15, -0.1) is 0 Å². The highest BCUT2D eigenvalue weighted by atomic mass is 32.2. The Bertz CT molecular complexity index is 476. The van der Waals surface area contributed by atoms with Crippen LogP contribution in [0.4, 0.5) is 9.59 Å². The van der Waals surface area contributed by atoms with Gasteiger partial charge >= 0.3 is 0 Å². The van der Waals surface area contributed by atoms with Gasteiger partial charge in [0.1, 0.15) is 0 Å². The summed E-state index contributed by atoms with van der Waals surface area (Å²) < 4.78 is 0. The Kier molecular flexibility index (Phi) is 20.5. The van der Waals surface area contributed by atoms with Crippen LogP contribution in [0.2, 0.25) is 0 Å². The first kappa shape index (κ1) is 26.4. The van der Waals surface area contributed by atoms with E-state index in [0.29, 0.717) is 37.7 Å². The van der Waals surface area contributed by atoms with Gasteiger partial charge in [0, 0.05) is 24.6 Å². The average Bonchev–Trinajstić information content (AvgIpc) is 2.69. The first-order valence-corrected chi connectivity index (χ1v) is 11.6. The maximum absolute atomic E-state index is 11.7. The lowest BCUT2D eigenvalue weighted by Crippen LogP contribution is -2.21. The van der Waals surface area contributed by atoms with Crippen molar-refractivity contribution < 1.29 is 19.2 Å². The van der Waals surface area contributed by atoms with Crippen LogP contribution in [0.5, 0.6) is 0 Å². The normalized spacial score (nSPS) is 9.86. The Morgan fingerprint density at radius 2 is 1.04 bits per heavy atom. The van der Waals surface area contributed by atoms with Gasteiger partial charge in [-0.1, -0.05) is 49.2 Å². The largest absolute Gasteiger partial charge is 0.347 e. The summed E-state index contributed by atoms with van der Waals surface area (Å²) in [6, 6.07) is 0. The fourth-order valence-electron chi connectivity index (χ4n) is 2.18. The zero-order chi connectivity index (χ0) is 20.7. The second-order valence-corrected chi connectivity index (χ2v) is 8.04. The number of nitrogens with zero attached hydrogens (tertiary/aromatic N) is 2. The van der Waals surface area contributed by atoms with Gasteiger partial charge in [0.05, 0.1) is 13.1 Å². The lowest BCUT2D eigenvalue weighted by molar-refractivity contribution is 0.259. The lowest BCUT2D eigenvalue weighted by Gasteiger charge is -2.06. The Labute approximate surface area is 175 Å². The molecule has 0 saturated heterocycles. The van der Waals surface area contributed by atoms with Crippen LogP contribution in [0.3, 0.4) is 0 Å². The van der Waals surface area contributed by atoms with Crippen molar-refractivity contribution in [3.63, 3.8) is 0 Å². The second kappa shape index (κ2) is 21.7. The molecule has 0 rings (SSSR count). The first-order valence-electron chi connectivity index (χ1n) is 9.59. The number of rotatable bonds is 17. The van der Waals surface area contributed by atoms with E-state index in [0.717, 1.165) is 51.4 Å². The lowest BCUT2D eigenvalue weighted by atomic mass is 10.2. The zero-order valence-electron chi connectivity index (χ0n) is 16.2. The van der Waals surface area contributed by atoms with E-state index in [1.807, 2.05) is 0 Å². The number of thioether (sulfide) groups is 2. The third kappa shape index (κ3) is 20.7. The summed E-state index contributed by atoms with van der Waals surface area (Å²) in [5.41, 5.74) is 0. The molecule has 0 aromatic carbocycles. The number of carbonyl (C=O) groups is 2. The summed E-state index contributed by atoms with van der Waals surface area (Å²) in [4.78, 5) is 50.1. The molecule has 0 aromatic rings. The molecule has 0 bridgehead atoms. The number of unbranched alkanes of at least 4 members (excludes halogenated alkanes) is 6. The molecule has 0 heterocycles. The van der Waals surface area contributed by atoms with Crippen molar-refractivity contribution in [2.75, 3.05) is 37.7 Å². The van der Waals surface area contributed by atoms with Crippen molar-refractivity contribution in [1.82, 2.24) is 10.6 Å². The first-order chi connectivity index (χ1) is 13.7. The summed E-state index contributed by atoms with van der Waals surface area (Å²) in [6.07, 6.45) is 10.5. The number of amides is 2. The second-order valence-electron chi connectivity index (χ2n) is 5.90. The Hall–Kier alpha value is -1.60. The molecule has 0 fully saturated rings. The molecule has 0 atom stereocenters. The van der Waals surface area contributed by atoms with Gasteiger partial charge in [-0.25, -0.2) is 19.6 Å². The van der Waals surface area contributed by atoms with Crippen LogP contribution < -0.4 is 10.6 Å². The van der Waals surface area contributed by atoms with Gasteiger partial charge in [-0.2, -0.15) is 0 Å². The van der Waals surface area contributed by atoms with Crippen molar-refractivity contribution in [3.05, 3.63) is 0 Å². The van der Waals surface area contributed by atoms with Crippen LogP contribution in [0.25, 0.3) is 0 Å². The quantitative estimate of drug-likeness (QED) is 0.207. The van der Waals surface area contributed by atoms with Crippen LogP contribution in [0.15, 0.2) is 9.98 Å². The van der Waals surface area contributed by atoms with Gasteiger partial charge in [-0.3, -0.25) is 9.59 Å². The highest BCUT2D eigenvalue weighted by molar-refractivity contribution is 8.16. The molecular formula is C18H30N4O4S2. The number of aliphatic imine (C=N–C) groups is 2. The number of isocyanates is 2. The Balaban J connectivity index is 3.36. The molecule has 158 valence electrons. The minimum absolute atomic E-state index is 0.0644. The number of hydrogen-bond donors (Lipinski definition) is 2. The van der Waals surface area contributed by atoms with E-state index in [9.17, 15) is 19.2 Å². The Morgan fingerprint density at radius 3 is 1.43 bits per heavy atom. The predicted molar refractivity (Wildman–Crippen MR) is 115 cm³/mol. The average molecular weight is 431 g/mol. The third-order valence-corrected chi connectivity index (χ3v) is 5.50. The molecule has 8 nitrogen and oxygen atoms in total. The molecule has 0 aliphatic rings. The summed E-state index contributed by atoms with van der Waals surface area (Å²) in [7, 11) is 0. The number of nitrogens with one attached hydrogen (secondary N) is 2. The maximum Gasteiger partial charge on any atom is 0.279 e. The van der Waals surface area contributed by atoms with E-state index in [1.165, 1.54) is 35.7 Å². The number of carbonyl (C=O) groups excluding carboxylic acids is 4. The van der Waals surface area contributed by atoms with Crippen LogP contribution in [-0.2, 0) is 9.59 Å². The van der Waals surface area contributed by atoms with E-state index in [2.05, 4.69) is 20.6 Å². The van der Waals surface area contributed by atoms with Crippen molar-refractivity contribution >= 4 is 46.2 Å². The van der Waals surface area contributed by atoms with Crippen LogP contribution in [0.1, 0.15) is 51.4 Å². The van der Waals surface area contributed by atoms with Crippen LogP contribution in [0, 0.1) is 0 Å². The fourth-order valence-corrected chi connectivity index (χ4v) is 3.63. The summed E-state index contributed by atoms with van der Waals surface area (Å²) in [5.74, 6) is 1.18. The van der Waals surface area contributed by atoms with Crippen molar-refractivity contribution in [2.45, 2.75) is 51.4 Å². The Morgan fingerprint density at radius 1 is 0.643 bits per heavy atom. The SMILES string of the molecule is O=C=NCCCCCCNC(=O)SCCSC(=O)NCCCCCCN=C=O. The van der Waals surface area contributed by atoms with Gasteiger partial charge in [0.25, 0.3) is 10.5 Å². The van der Waals surface area contributed by atoms with Crippen LogP contribution in [-0.4, -0.2) is 60.3 Å². The van der Waals surface area contributed by atoms with Gasteiger partial charge in [0.15, 0.2) is 0 Å². The maximum atomic E-state index is 11.7. The molecule has 0 aromatic heterocycles. The van der Waals surface area contributed by atoms with Gasteiger partial charge < -0.3 is 10.6 Å². The van der Waals surface area contributed by atoms with E-state index >= 15 is 0 Å². The highest BCUT2D eigenvalue weighted by Crippen LogP contribution is 2.09. The molecular weight excluding hydrogens is 400 g/mol. The van der Waals surface area contributed by atoms with Crippen molar-refractivity contribution in [2.24, 2.45) is 9.98 Å². The molecule has 0 radical (unpaired) electrons. The summed E-state index contributed by atoms with van der Waals surface area (Å²) in [6.45, 7) is 2.32. The zero-order valence-corrected chi connectivity index (χ0v) is 17.9. The molecule has 0 aliphatic carbocycles. The standard InChI is InChI=1S/C18H30N4O4S2/c23-15-19-9-5-1-3-7-11-21-17(25)27-13-14-28-18(26)22-12-8-4-2-6-10-20-16-24/h1-14H2,(H,21,25)(H,22,26). The smallest absolute Gasteiger partial charge is 0.279 e. The van der Waals surface area contributed by atoms with E-state index in [1.54, 1.807) is 0 Å². The monoisotopic (exact) mass is 430 g/mol. The van der Waals surface area contributed by atoms with E-state index in [4.69, 9.17) is 0 Å². The minimum atomic E-state index is -0.0644. The van der Waals surface area contributed by atoms with Gasteiger partial charge in [0.2, 0.25) is 12.2 Å². The molecule has 0 aliphatic heterocycles. The molecule has 0 saturated carbocycles. The summed E-state index contributed by atoms with van der Waals surface area (Å²) in [5, 5.41) is 5.55. The van der Waals surface area contributed by atoms with E-state index in [-0.39, 0.29) is 10.5 Å². The molecule has 28 heavy (non-hydrogen) atoms. The molecule has 2 N–H and O–H groups in total. The van der Waals surface area contributed by atoms with Crippen LogP contribution >= 0.6 is 23.5 Å². The van der Waals surface area contributed by atoms with Gasteiger partial charge in [-0.05, 0) is 25.7 Å². The topological polar surface area (TPSA) is 117 Å². The predicted octanol–water partition coefficient (Wildman–Crippen LogP) is 3.66. The minimum Gasteiger partial charge on any atom is -0.347 e. The molecule has 0 unspecified atom stereocenters. The van der Waals surface area contributed by atoms with Crippen molar-refractivity contribution in [1.29, 1.82) is 0 Å². The molecule has 10 heteroatoms. The van der Waals surface area contributed by atoms with Crippen molar-refractivity contribution in [3.8, 4) is 0 Å². The fraction of sp³-hybridized carbons (Fsp3) is 0.778. The highest BCUT2D eigenvalue weighted by Gasteiger charge is 2.04. The van der Waals surface area contributed by atoms with E-state index < -0.39 is 0 Å². The molecule has 0 spiro atoms. The number of hydrogen-bond acceptors (Lipinski definition) is 8. The molecule has 2 amide bonds. The third-order valence-electron chi connectivity index (χ3n) is 3.61. The summed E-state index contributed by atoms with van der Waals surface area (Å²) >= 11 is 2.38.